The second kappa shape index (κ2) is 5.83. The van der Waals surface area contributed by atoms with Crippen molar-refractivity contribution in [1.29, 1.82) is 0 Å². The third-order valence-electron chi connectivity index (χ3n) is 2.81. The van der Waals surface area contributed by atoms with Gasteiger partial charge in [0.25, 0.3) is 5.91 Å². The van der Waals surface area contributed by atoms with Crippen molar-refractivity contribution in [2.75, 3.05) is 5.32 Å². The number of carbonyl (C=O) groups is 1. The third kappa shape index (κ3) is 3.30. The van der Waals surface area contributed by atoms with Gasteiger partial charge in [0, 0.05) is 28.9 Å². The van der Waals surface area contributed by atoms with Gasteiger partial charge in [0.2, 0.25) is 0 Å². The Hall–Kier alpha value is -1.56. The van der Waals surface area contributed by atoms with Gasteiger partial charge in [-0.25, -0.2) is 0 Å². The minimum Gasteiger partial charge on any atom is -0.378 e. The molecular formula is C13H13Cl2N3O2. The molecule has 1 heterocycles. The number of carbonyl (C=O) groups excluding carboxylic acids is 1. The van der Waals surface area contributed by atoms with Crippen molar-refractivity contribution in [3.63, 3.8) is 0 Å². The molecule has 2 N–H and O–H groups in total. The smallest absolute Gasteiger partial charge is 0.259 e. The Balaban J connectivity index is 2.16. The van der Waals surface area contributed by atoms with E-state index in [2.05, 4.69) is 10.4 Å². The summed E-state index contributed by atoms with van der Waals surface area (Å²) in [6.07, 6.45) is -1.37. The summed E-state index contributed by atoms with van der Waals surface area (Å²) in [6, 6.07) is 6.21. The number of benzene rings is 1. The molecule has 0 radical (unpaired) electrons. The van der Waals surface area contributed by atoms with Gasteiger partial charge in [0.15, 0.2) is 11.9 Å². The molecule has 2 aromatic rings. The van der Waals surface area contributed by atoms with Gasteiger partial charge in [-0.1, -0.05) is 23.2 Å². The van der Waals surface area contributed by atoms with Crippen LogP contribution in [0.4, 0.5) is 5.82 Å². The number of nitrogens with zero attached hydrogens (tertiary/aromatic N) is 2. The molecule has 20 heavy (non-hydrogen) atoms. The second-order valence-corrected chi connectivity index (χ2v) is 5.26. The number of anilines is 1. The van der Waals surface area contributed by atoms with Crippen molar-refractivity contribution in [1.82, 2.24) is 9.78 Å². The van der Waals surface area contributed by atoms with Gasteiger partial charge in [0.05, 0.1) is 0 Å². The lowest BCUT2D eigenvalue weighted by molar-refractivity contribution is -0.124. The SMILES string of the molecule is Cc1cc(NC(=O)C(O)c2cc(Cl)cc(Cl)c2)nn1C. The number of amides is 1. The Bertz CT molecular complexity index is 615. The molecule has 1 amide bonds. The number of aryl methyl sites for hydroxylation is 2. The van der Waals surface area contributed by atoms with Crippen LogP contribution in [0.5, 0.6) is 0 Å². The molecule has 106 valence electrons. The fourth-order valence-electron chi connectivity index (χ4n) is 1.70. The summed E-state index contributed by atoms with van der Waals surface area (Å²) in [5, 5.41) is 17.3. The van der Waals surface area contributed by atoms with Crippen molar-refractivity contribution in [3.05, 3.63) is 45.6 Å². The first-order valence-corrected chi connectivity index (χ1v) is 6.58. The maximum Gasteiger partial charge on any atom is 0.259 e. The van der Waals surface area contributed by atoms with E-state index in [4.69, 9.17) is 23.2 Å². The quantitative estimate of drug-likeness (QED) is 0.915. The van der Waals surface area contributed by atoms with Gasteiger partial charge in [-0.05, 0) is 30.7 Å². The van der Waals surface area contributed by atoms with Crippen molar-refractivity contribution >= 4 is 34.9 Å². The summed E-state index contributed by atoms with van der Waals surface area (Å²) < 4.78 is 1.62. The number of aromatic nitrogens is 2. The van der Waals surface area contributed by atoms with Crippen molar-refractivity contribution in [2.45, 2.75) is 13.0 Å². The van der Waals surface area contributed by atoms with Gasteiger partial charge in [-0.2, -0.15) is 5.10 Å². The molecule has 0 saturated heterocycles. The number of rotatable bonds is 3. The van der Waals surface area contributed by atoms with Crippen molar-refractivity contribution < 1.29 is 9.90 Å². The van der Waals surface area contributed by atoms with Gasteiger partial charge >= 0.3 is 0 Å². The van der Waals surface area contributed by atoms with E-state index in [1.165, 1.54) is 18.2 Å². The summed E-state index contributed by atoms with van der Waals surface area (Å²) in [4.78, 5) is 12.0. The van der Waals surface area contributed by atoms with Gasteiger partial charge < -0.3 is 10.4 Å². The molecule has 7 heteroatoms. The highest BCUT2D eigenvalue weighted by molar-refractivity contribution is 6.34. The van der Waals surface area contributed by atoms with E-state index in [1.54, 1.807) is 17.8 Å². The number of hydrogen-bond donors (Lipinski definition) is 2. The van der Waals surface area contributed by atoms with Gasteiger partial charge in [-0.3, -0.25) is 9.48 Å². The zero-order valence-corrected chi connectivity index (χ0v) is 12.4. The third-order valence-corrected chi connectivity index (χ3v) is 3.25. The van der Waals surface area contributed by atoms with Gasteiger partial charge in [0.1, 0.15) is 0 Å². The Kier molecular flexibility index (Phi) is 4.32. The molecule has 1 aromatic heterocycles. The zero-order valence-electron chi connectivity index (χ0n) is 10.9. The molecule has 5 nitrogen and oxygen atoms in total. The van der Waals surface area contributed by atoms with E-state index in [9.17, 15) is 9.90 Å². The Labute approximate surface area is 126 Å². The van der Waals surface area contributed by atoms with E-state index in [1.807, 2.05) is 6.92 Å². The molecule has 0 spiro atoms. The largest absolute Gasteiger partial charge is 0.378 e. The first-order chi connectivity index (χ1) is 9.36. The fourth-order valence-corrected chi connectivity index (χ4v) is 2.24. The normalized spacial score (nSPS) is 12.2. The molecule has 0 aliphatic carbocycles. The summed E-state index contributed by atoms with van der Waals surface area (Å²) >= 11 is 11.7. The van der Waals surface area contributed by atoms with Crippen LogP contribution >= 0.6 is 23.2 Å². The predicted molar refractivity (Wildman–Crippen MR) is 78.0 cm³/mol. The highest BCUT2D eigenvalue weighted by Gasteiger charge is 2.19. The lowest BCUT2D eigenvalue weighted by atomic mass is 10.1. The van der Waals surface area contributed by atoms with Crippen LogP contribution in [0.15, 0.2) is 24.3 Å². The van der Waals surface area contributed by atoms with Crippen LogP contribution in [-0.4, -0.2) is 20.8 Å². The molecule has 0 aliphatic heterocycles. The van der Waals surface area contributed by atoms with E-state index in [0.29, 0.717) is 21.4 Å². The van der Waals surface area contributed by atoms with Crippen LogP contribution in [0.25, 0.3) is 0 Å². The number of halogens is 2. The first kappa shape index (κ1) is 14.8. The highest BCUT2D eigenvalue weighted by Crippen LogP contribution is 2.24. The minimum absolute atomic E-state index is 0.327. The molecule has 2 rings (SSSR count). The summed E-state index contributed by atoms with van der Waals surface area (Å²) in [6.45, 7) is 1.86. The Morgan fingerprint density at radius 3 is 2.40 bits per heavy atom. The number of aliphatic hydroxyl groups excluding tert-OH is 1. The standard InChI is InChI=1S/C13H13Cl2N3O2/c1-7-3-11(17-18(7)2)16-13(20)12(19)8-4-9(14)6-10(15)5-8/h3-6,12,19H,1-2H3,(H,16,17,20). The summed E-state index contributed by atoms with van der Waals surface area (Å²) in [5.74, 6) is -0.219. The molecule has 1 aromatic carbocycles. The summed E-state index contributed by atoms with van der Waals surface area (Å²) in [7, 11) is 1.76. The summed E-state index contributed by atoms with van der Waals surface area (Å²) in [5.41, 5.74) is 1.22. The average molecular weight is 314 g/mol. The van der Waals surface area contributed by atoms with Crippen LogP contribution in [0, 0.1) is 6.92 Å². The fraction of sp³-hybridized carbons (Fsp3) is 0.231. The average Bonchev–Trinajstić information content (AvgIpc) is 2.66. The van der Waals surface area contributed by atoms with E-state index in [-0.39, 0.29) is 0 Å². The molecular weight excluding hydrogens is 301 g/mol. The molecule has 0 fully saturated rings. The maximum absolute atomic E-state index is 12.0. The molecule has 0 saturated carbocycles. The minimum atomic E-state index is -1.37. The topological polar surface area (TPSA) is 67.2 Å². The van der Waals surface area contributed by atoms with E-state index < -0.39 is 12.0 Å². The highest BCUT2D eigenvalue weighted by atomic mass is 35.5. The van der Waals surface area contributed by atoms with Crippen molar-refractivity contribution in [2.24, 2.45) is 7.05 Å². The Morgan fingerprint density at radius 2 is 1.90 bits per heavy atom. The lowest BCUT2D eigenvalue weighted by Gasteiger charge is -2.11. The molecule has 0 bridgehead atoms. The lowest BCUT2D eigenvalue weighted by Crippen LogP contribution is -2.21. The van der Waals surface area contributed by atoms with Crippen LogP contribution in [0.2, 0.25) is 10.0 Å². The second-order valence-electron chi connectivity index (χ2n) is 4.39. The van der Waals surface area contributed by atoms with Crippen LogP contribution in [-0.2, 0) is 11.8 Å². The molecule has 0 aliphatic rings. The first-order valence-electron chi connectivity index (χ1n) is 5.82. The van der Waals surface area contributed by atoms with Crippen LogP contribution in [0.3, 0.4) is 0 Å². The van der Waals surface area contributed by atoms with Gasteiger partial charge in [-0.15, -0.1) is 0 Å². The predicted octanol–water partition coefficient (Wildman–Crippen LogP) is 2.71. The van der Waals surface area contributed by atoms with E-state index >= 15 is 0 Å². The number of nitrogens with one attached hydrogen (secondary N) is 1. The molecule has 1 unspecified atom stereocenters. The van der Waals surface area contributed by atoms with Crippen LogP contribution < -0.4 is 5.32 Å². The maximum atomic E-state index is 12.0. The Morgan fingerprint density at radius 1 is 1.30 bits per heavy atom. The zero-order chi connectivity index (χ0) is 14.9. The number of hydrogen-bond acceptors (Lipinski definition) is 3. The van der Waals surface area contributed by atoms with Crippen LogP contribution in [0.1, 0.15) is 17.4 Å². The van der Waals surface area contributed by atoms with E-state index in [0.717, 1.165) is 5.69 Å². The number of aliphatic hydroxyl groups is 1. The monoisotopic (exact) mass is 313 g/mol. The molecule has 1 atom stereocenters. The van der Waals surface area contributed by atoms with Crippen molar-refractivity contribution in [3.8, 4) is 0 Å².